The van der Waals surface area contributed by atoms with Crippen LogP contribution < -0.4 is 18.9 Å². The highest BCUT2D eigenvalue weighted by molar-refractivity contribution is 6.32. The molecule has 27 heavy (non-hydrogen) atoms. The second kappa shape index (κ2) is 7.89. The molecule has 138 valence electrons. The fraction of sp³-hybridized carbons (Fsp3) is 0.158. The number of halogens is 1. The summed E-state index contributed by atoms with van der Waals surface area (Å²) in [7, 11) is 1.41. The van der Waals surface area contributed by atoms with Crippen LogP contribution in [0.1, 0.15) is 11.1 Å². The number of aliphatic carboxylic acids is 1. The summed E-state index contributed by atoms with van der Waals surface area (Å²) in [5.74, 6) is 0.451. The molecule has 0 aromatic heterocycles. The summed E-state index contributed by atoms with van der Waals surface area (Å²) in [4.78, 5) is 10.7. The van der Waals surface area contributed by atoms with E-state index in [1.54, 1.807) is 36.4 Å². The van der Waals surface area contributed by atoms with Gasteiger partial charge in [-0.15, -0.1) is 0 Å². The van der Waals surface area contributed by atoms with Gasteiger partial charge in [0.15, 0.2) is 29.6 Å². The molecule has 1 N–H and O–H groups in total. The molecule has 8 heteroatoms. The second-order valence-corrected chi connectivity index (χ2v) is 5.86. The number of nitriles is 1. The van der Waals surface area contributed by atoms with E-state index in [-0.39, 0.29) is 23.3 Å². The van der Waals surface area contributed by atoms with Crippen LogP contribution in [-0.4, -0.2) is 31.6 Å². The number of ether oxygens (including phenoxy) is 4. The minimum absolute atomic E-state index is 0.125. The Morgan fingerprint density at radius 3 is 2.81 bits per heavy atom. The van der Waals surface area contributed by atoms with Crippen LogP contribution in [0.5, 0.6) is 23.0 Å². The van der Waals surface area contributed by atoms with Crippen LogP contribution in [0.2, 0.25) is 5.02 Å². The molecule has 0 amide bonds. The van der Waals surface area contributed by atoms with Crippen molar-refractivity contribution < 1.29 is 28.8 Å². The van der Waals surface area contributed by atoms with Gasteiger partial charge in [-0.25, -0.2) is 4.79 Å². The van der Waals surface area contributed by atoms with Gasteiger partial charge in [0, 0.05) is 0 Å². The molecule has 1 aliphatic rings. The molecule has 0 bridgehead atoms. The Hall–Kier alpha value is -3.37. The van der Waals surface area contributed by atoms with Crippen LogP contribution in [-0.2, 0) is 4.79 Å². The number of nitrogens with zero attached hydrogens (tertiary/aromatic N) is 1. The van der Waals surface area contributed by atoms with Gasteiger partial charge >= 0.3 is 5.97 Å². The maximum Gasteiger partial charge on any atom is 0.341 e. The Balaban J connectivity index is 1.96. The lowest BCUT2D eigenvalue weighted by molar-refractivity contribution is -0.139. The van der Waals surface area contributed by atoms with Crippen molar-refractivity contribution in [2.45, 2.75) is 0 Å². The Morgan fingerprint density at radius 1 is 1.33 bits per heavy atom. The average Bonchev–Trinajstić information content (AvgIpc) is 3.12. The highest BCUT2D eigenvalue weighted by Crippen LogP contribution is 2.38. The van der Waals surface area contributed by atoms with E-state index in [4.69, 9.17) is 35.7 Å². The van der Waals surface area contributed by atoms with Crippen LogP contribution in [0.15, 0.2) is 30.3 Å². The van der Waals surface area contributed by atoms with Crippen molar-refractivity contribution in [2.75, 3.05) is 20.5 Å². The molecule has 0 spiro atoms. The quantitative estimate of drug-likeness (QED) is 0.597. The van der Waals surface area contributed by atoms with E-state index >= 15 is 0 Å². The molecule has 0 saturated heterocycles. The van der Waals surface area contributed by atoms with Crippen LogP contribution in [0.4, 0.5) is 0 Å². The number of benzene rings is 2. The van der Waals surface area contributed by atoms with E-state index in [9.17, 15) is 10.1 Å². The molecular weight excluding hydrogens is 374 g/mol. The van der Waals surface area contributed by atoms with E-state index in [0.29, 0.717) is 28.2 Å². The zero-order valence-electron chi connectivity index (χ0n) is 14.2. The molecule has 0 radical (unpaired) electrons. The summed E-state index contributed by atoms with van der Waals surface area (Å²) in [5, 5.41) is 18.5. The summed E-state index contributed by atoms with van der Waals surface area (Å²) in [6.45, 7) is -0.402. The van der Waals surface area contributed by atoms with Crippen molar-refractivity contribution in [3.63, 3.8) is 0 Å². The Bertz CT molecular complexity index is 963. The van der Waals surface area contributed by atoms with Crippen molar-refractivity contribution in [3.05, 3.63) is 46.5 Å². The number of hydrogen-bond acceptors (Lipinski definition) is 6. The molecule has 7 nitrogen and oxygen atoms in total. The Kier molecular flexibility index (Phi) is 5.38. The lowest BCUT2D eigenvalue weighted by Crippen LogP contribution is -2.10. The van der Waals surface area contributed by atoms with Gasteiger partial charge in [-0.2, -0.15) is 5.26 Å². The van der Waals surface area contributed by atoms with Gasteiger partial charge < -0.3 is 24.1 Å². The molecule has 0 unspecified atom stereocenters. The van der Waals surface area contributed by atoms with Gasteiger partial charge in [-0.3, -0.25) is 0 Å². The molecule has 0 aliphatic carbocycles. The molecular formula is C19H14ClNO6. The average molecular weight is 388 g/mol. The summed E-state index contributed by atoms with van der Waals surface area (Å²) in [6.07, 6.45) is 1.63. The molecule has 0 saturated carbocycles. The topological polar surface area (TPSA) is 98.0 Å². The number of carboxylic acid groups (broad SMARTS) is 1. The highest BCUT2D eigenvalue weighted by Gasteiger charge is 2.16. The second-order valence-electron chi connectivity index (χ2n) is 5.45. The van der Waals surface area contributed by atoms with Crippen LogP contribution in [0.25, 0.3) is 11.6 Å². The standard InChI is InChI=1S/C19H14ClNO6/c1-24-17-6-11(5-14(20)19(17)25-9-18(22)23)4-13(8-21)12-2-3-15-16(7-12)27-10-26-15/h2-7H,9-10H2,1H3,(H,22,23)/b13-4-. The van der Waals surface area contributed by atoms with Gasteiger partial charge in [0.2, 0.25) is 6.79 Å². The number of carbonyl (C=O) groups is 1. The fourth-order valence-electron chi connectivity index (χ4n) is 2.51. The Morgan fingerprint density at radius 2 is 2.11 bits per heavy atom. The minimum Gasteiger partial charge on any atom is -0.493 e. The molecule has 3 rings (SSSR count). The number of methoxy groups -OCH3 is 1. The fourth-order valence-corrected chi connectivity index (χ4v) is 2.78. The maximum atomic E-state index is 10.7. The van der Waals surface area contributed by atoms with Crippen molar-refractivity contribution >= 4 is 29.2 Å². The highest BCUT2D eigenvalue weighted by atomic mass is 35.5. The smallest absolute Gasteiger partial charge is 0.341 e. The summed E-state index contributed by atoms with van der Waals surface area (Å²) >= 11 is 6.20. The third kappa shape index (κ3) is 4.07. The van der Waals surface area contributed by atoms with Gasteiger partial charge in [-0.1, -0.05) is 11.6 Å². The maximum absolute atomic E-state index is 10.7. The number of allylic oxidation sites excluding steroid dienone is 1. The normalized spacial score (nSPS) is 12.4. The lowest BCUT2D eigenvalue weighted by atomic mass is 10.0. The van der Waals surface area contributed by atoms with Gasteiger partial charge in [0.1, 0.15) is 0 Å². The summed E-state index contributed by atoms with van der Waals surface area (Å²) in [6, 6.07) is 10.5. The zero-order chi connectivity index (χ0) is 19.4. The largest absolute Gasteiger partial charge is 0.493 e. The van der Waals surface area contributed by atoms with E-state index < -0.39 is 12.6 Å². The van der Waals surface area contributed by atoms with Crippen LogP contribution in [0, 0.1) is 11.3 Å². The number of carboxylic acids is 1. The monoisotopic (exact) mass is 387 g/mol. The molecule has 1 aliphatic heterocycles. The van der Waals surface area contributed by atoms with E-state index in [2.05, 4.69) is 6.07 Å². The first-order chi connectivity index (χ1) is 13.0. The number of fused-ring (bicyclic) bond motifs is 1. The molecule has 2 aromatic rings. The van der Waals surface area contributed by atoms with Crippen molar-refractivity contribution in [1.82, 2.24) is 0 Å². The van der Waals surface area contributed by atoms with Gasteiger partial charge in [0.25, 0.3) is 0 Å². The SMILES string of the molecule is COc1cc(/C=C(/C#N)c2ccc3c(c2)OCO3)cc(Cl)c1OCC(=O)O. The van der Waals surface area contributed by atoms with Crippen LogP contribution in [0.3, 0.4) is 0 Å². The van der Waals surface area contributed by atoms with E-state index in [0.717, 1.165) is 0 Å². The number of rotatable bonds is 6. The van der Waals surface area contributed by atoms with E-state index in [1.807, 2.05) is 0 Å². The van der Waals surface area contributed by atoms with Gasteiger partial charge in [0.05, 0.1) is 23.8 Å². The predicted molar refractivity (Wildman–Crippen MR) is 97.2 cm³/mol. The third-order valence-corrected chi connectivity index (χ3v) is 3.99. The first-order valence-corrected chi connectivity index (χ1v) is 8.13. The van der Waals surface area contributed by atoms with Crippen molar-refractivity contribution in [3.8, 4) is 29.1 Å². The zero-order valence-corrected chi connectivity index (χ0v) is 14.9. The third-order valence-electron chi connectivity index (χ3n) is 3.71. The summed E-state index contributed by atoms with van der Waals surface area (Å²) in [5.41, 5.74) is 1.63. The van der Waals surface area contributed by atoms with Crippen molar-refractivity contribution in [1.29, 1.82) is 5.26 Å². The molecule has 0 atom stereocenters. The Labute approximate surface area is 159 Å². The first kappa shape index (κ1) is 18.4. The van der Waals surface area contributed by atoms with E-state index in [1.165, 1.54) is 7.11 Å². The summed E-state index contributed by atoms with van der Waals surface area (Å²) < 4.78 is 21.0. The minimum atomic E-state index is -1.13. The van der Waals surface area contributed by atoms with Gasteiger partial charge in [-0.05, 0) is 47.5 Å². The lowest BCUT2D eigenvalue weighted by Gasteiger charge is -2.12. The predicted octanol–water partition coefficient (Wildman–Crippen LogP) is 3.60. The molecule has 1 heterocycles. The first-order valence-electron chi connectivity index (χ1n) is 7.75. The number of hydrogen-bond donors (Lipinski definition) is 1. The molecule has 0 fully saturated rings. The van der Waals surface area contributed by atoms with Crippen molar-refractivity contribution in [2.24, 2.45) is 0 Å². The van der Waals surface area contributed by atoms with Crippen LogP contribution >= 0.6 is 11.6 Å². The molecule has 2 aromatic carbocycles.